The monoisotopic (exact) mass is 357 g/mol. The number of amides is 1. The molecule has 1 atom stereocenters. The predicted molar refractivity (Wildman–Crippen MR) is 107 cm³/mol. The summed E-state index contributed by atoms with van der Waals surface area (Å²) < 4.78 is 5.22. The molecule has 0 saturated heterocycles. The van der Waals surface area contributed by atoms with Gasteiger partial charge in [-0.25, -0.2) is 0 Å². The largest absolute Gasteiger partial charge is 0.497 e. The normalized spacial score (nSPS) is 15.9. The van der Waals surface area contributed by atoms with Gasteiger partial charge < -0.3 is 9.64 Å². The van der Waals surface area contributed by atoms with Crippen molar-refractivity contribution in [2.75, 3.05) is 13.7 Å². The fraction of sp³-hybridized carbons (Fsp3) is 0.208. The van der Waals surface area contributed by atoms with Gasteiger partial charge in [0, 0.05) is 12.1 Å². The maximum Gasteiger partial charge on any atom is 0.254 e. The highest BCUT2D eigenvalue weighted by Gasteiger charge is 2.32. The number of rotatable bonds is 3. The second-order valence-electron chi connectivity index (χ2n) is 6.99. The molecule has 0 radical (unpaired) electrons. The van der Waals surface area contributed by atoms with Crippen LogP contribution in [0.1, 0.15) is 38.7 Å². The van der Waals surface area contributed by atoms with Crippen molar-refractivity contribution in [3.05, 3.63) is 101 Å². The molecule has 1 unspecified atom stereocenters. The first-order valence-corrected chi connectivity index (χ1v) is 9.27. The van der Waals surface area contributed by atoms with Crippen LogP contribution in [-0.4, -0.2) is 24.5 Å². The van der Waals surface area contributed by atoms with Crippen molar-refractivity contribution >= 4 is 5.91 Å². The van der Waals surface area contributed by atoms with Crippen LogP contribution in [0, 0.1) is 6.92 Å². The van der Waals surface area contributed by atoms with Crippen LogP contribution < -0.4 is 4.74 Å². The average molecular weight is 357 g/mol. The molecule has 1 aliphatic heterocycles. The Morgan fingerprint density at radius 2 is 1.67 bits per heavy atom. The van der Waals surface area contributed by atoms with Gasteiger partial charge in [-0.3, -0.25) is 4.79 Å². The molecular weight excluding hydrogens is 334 g/mol. The van der Waals surface area contributed by atoms with Crippen LogP contribution in [0.25, 0.3) is 0 Å². The Hall–Kier alpha value is -3.07. The van der Waals surface area contributed by atoms with E-state index in [4.69, 9.17) is 4.74 Å². The highest BCUT2D eigenvalue weighted by atomic mass is 16.5. The summed E-state index contributed by atoms with van der Waals surface area (Å²) in [6.07, 6.45) is 0.875. The number of hydrogen-bond acceptors (Lipinski definition) is 2. The molecule has 0 bridgehead atoms. The van der Waals surface area contributed by atoms with Gasteiger partial charge >= 0.3 is 0 Å². The number of carbonyl (C=O) groups is 1. The molecule has 0 N–H and O–H groups in total. The molecule has 0 spiro atoms. The molecule has 1 aliphatic rings. The van der Waals surface area contributed by atoms with Crippen LogP contribution in [-0.2, 0) is 6.42 Å². The Labute approximate surface area is 160 Å². The molecule has 136 valence electrons. The van der Waals surface area contributed by atoms with E-state index in [1.54, 1.807) is 7.11 Å². The summed E-state index contributed by atoms with van der Waals surface area (Å²) in [5.74, 6) is 0.809. The number of ether oxygens (including phenoxy) is 1. The molecular formula is C24H23NO2. The lowest BCUT2D eigenvalue weighted by atomic mass is 9.87. The number of hydrogen-bond donors (Lipinski definition) is 0. The average Bonchev–Trinajstić information content (AvgIpc) is 2.73. The van der Waals surface area contributed by atoms with Gasteiger partial charge in [0.05, 0.1) is 13.2 Å². The van der Waals surface area contributed by atoms with Crippen LogP contribution in [0.5, 0.6) is 5.75 Å². The van der Waals surface area contributed by atoms with Crippen molar-refractivity contribution in [3.8, 4) is 5.75 Å². The Morgan fingerprint density at radius 1 is 0.963 bits per heavy atom. The number of aryl methyl sites for hydroxylation is 1. The molecule has 27 heavy (non-hydrogen) atoms. The van der Waals surface area contributed by atoms with E-state index in [0.29, 0.717) is 12.1 Å². The summed E-state index contributed by atoms with van der Waals surface area (Å²) in [6, 6.07) is 24.2. The minimum absolute atomic E-state index is 0.0535. The molecule has 0 fully saturated rings. The Balaban J connectivity index is 1.75. The minimum Gasteiger partial charge on any atom is -0.497 e. The Morgan fingerprint density at radius 3 is 2.37 bits per heavy atom. The summed E-state index contributed by atoms with van der Waals surface area (Å²) >= 11 is 0. The zero-order valence-electron chi connectivity index (χ0n) is 15.7. The van der Waals surface area contributed by atoms with Crippen LogP contribution in [0.3, 0.4) is 0 Å². The van der Waals surface area contributed by atoms with E-state index in [-0.39, 0.29) is 11.9 Å². The van der Waals surface area contributed by atoms with Gasteiger partial charge in [0.25, 0.3) is 5.91 Å². The first-order chi connectivity index (χ1) is 13.2. The van der Waals surface area contributed by atoms with Crippen LogP contribution in [0.4, 0.5) is 0 Å². The number of nitrogens with zero attached hydrogens (tertiary/aromatic N) is 1. The zero-order chi connectivity index (χ0) is 18.8. The van der Waals surface area contributed by atoms with E-state index in [0.717, 1.165) is 17.7 Å². The first-order valence-electron chi connectivity index (χ1n) is 9.27. The molecule has 4 rings (SSSR count). The second kappa shape index (κ2) is 7.28. The highest BCUT2D eigenvalue weighted by Crippen LogP contribution is 2.36. The summed E-state index contributed by atoms with van der Waals surface area (Å²) in [5, 5.41) is 0. The maximum atomic E-state index is 13.3. The topological polar surface area (TPSA) is 29.5 Å². The fourth-order valence-electron chi connectivity index (χ4n) is 3.79. The number of carbonyl (C=O) groups excluding carboxylic acids is 1. The minimum atomic E-state index is -0.0647. The molecule has 0 saturated carbocycles. The quantitative estimate of drug-likeness (QED) is 0.674. The smallest absolute Gasteiger partial charge is 0.254 e. The summed E-state index contributed by atoms with van der Waals surface area (Å²) in [4.78, 5) is 15.3. The molecule has 3 aromatic rings. The summed E-state index contributed by atoms with van der Waals surface area (Å²) in [7, 11) is 1.63. The first kappa shape index (κ1) is 17.3. The van der Waals surface area contributed by atoms with Crippen molar-refractivity contribution < 1.29 is 9.53 Å². The lowest BCUT2D eigenvalue weighted by Gasteiger charge is -2.38. The molecule has 1 heterocycles. The maximum absolute atomic E-state index is 13.3. The fourth-order valence-corrected chi connectivity index (χ4v) is 3.79. The third-order valence-electron chi connectivity index (χ3n) is 5.27. The van der Waals surface area contributed by atoms with Gasteiger partial charge in [-0.1, -0.05) is 54.1 Å². The summed E-state index contributed by atoms with van der Waals surface area (Å²) in [6.45, 7) is 2.79. The molecule has 3 nitrogen and oxygen atoms in total. The van der Waals surface area contributed by atoms with Gasteiger partial charge in [0.2, 0.25) is 0 Å². The van der Waals surface area contributed by atoms with Gasteiger partial charge in [-0.05, 0) is 54.3 Å². The van der Waals surface area contributed by atoms with Gasteiger partial charge in [0.15, 0.2) is 0 Å². The second-order valence-corrected chi connectivity index (χ2v) is 6.99. The molecule has 0 aromatic heterocycles. The molecule has 0 aliphatic carbocycles. The van der Waals surface area contributed by atoms with E-state index >= 15 is 0 Å². The third kappa shape index (κ3) is 3.33. The van der Waals surface area contributed by atoms with E-state index < -0.39 is 0 Å². The highest BCUT2D eigenvalue weighted by molar-refractivity contribution is 5.95. The SMILES string of the molecule is COc1ccc(C(=O)N2CCc3ccccc3C2c2ccc(C)cc2)cc1. The van der Waals surface area contributed by atoms with Crippen LogP contribution >= 0.6 is 0 Å². The lowest BCUT2D eigenvalue weighted by molar-refractivity contribution is 0.0694. The standard InChI is InChI=1S/C24H23NO2/c1-17-7-9-19(10-8-17)23-22-6-4-3-5-18(22)15-16-25(23)24(26)20-11-13-21(27-2)14-12-20/h3-14,23H,15-16H2,1-2H3. The van der Waals surface area contributed by atoms with E-state index in [9.17, 15) is 4.79 Å². The van der Waals surface area contributed by atoms with Crippen molar-refractivity contribution in [1.29, 1.82) is 0 Å². The number of methoxy groups -OCH3 is 1. The van der Waals surface area contributed by atoms with Crippen molar-refractivity contribution in [1.82, 2.24) is 4.90 Å². The van der Waals surface area contributed by atoms with Crippen molar-refractivity contribution in [2.24, 2.45) is 0 Å². The van der Waals surface area contributed by atoms with Gasteiger partial charge in [-0.15, -0.1) is 0 Å². The predicted octanol–water partition coefficient (Wildman–Crippen LogP) is 4.79. The number of fused-ring (bicyclic) bond motifs is 1. The van der Waals surface area contributed by atoms with E-state index in [1.807, 2.05) is 29.2 Å². The van der Waals surface area contributed by atoms with Gasteiger partial charge in [0.1, 0.15) is 5.75 Å². The van der Waals surface area contributed by atoms with E-state index in [1.165, 1.54) is 16.7 Å². The van der Waals surface area contributed by atoms with Crippen molar-refractivity contribution in [3.63, 3.8) is 0 Å². The van der Waals surface area contributed by atoms with Crippen LogP contribution in [0.15, 0.2) is 72.8 Å². The molecule has 3 aromatic carbocycles. The Bertz CT molecular complexity index is 945. The third-order valence-corrected chi connectivity index (χ3v) is 5.27. The lowest BCUT2D eigenvalue weighted by Crippen LogP contribution is -2.40. The van der Waals surface area contributed by atoms with E-state index in [2.05, 4.69) is 55.5 Å². The Kier molecular flexibility index (Phi) is 4.68. The molecule has 3 heteroatoms. The van der Waals surface area contributed by atoms with Crippen molar-refractivity contribution in [2.45, 2.75) is 19.4 Å². The van der Waals surface area contributed by atoms with Gasteiger partial charge in [-0.2, -0.15) is 0 Å². The number of benzene rings is 3. The summed E-state index contributed by atoms with van der Waals surface area (Å²) in [5.41, 5.74) is 5.59. The van der Waals surface area contributed by atoms with Crippen LogP contribution in [0.2, 0.25) is 0 Å². The zero-order valence-corrected chi connectivity index (χ0v) is 15.7. The molecule has 1 amide bonds.